The zero-order chi connectivity index (χ0) is 14.2. The highest BCUT2D eigenvalue weighted by Gasteiger charge is 2.22. The first-order chi connectivity index (χ1) is 8.81. The van der Waals surface area contributed by atoms with E-state index in [1.54, 1.807) is 12.1 Å². The number of hydrogen-bond donors (Lipinski definition) is 1. The number of nitrogens with one attached hydrogen (secondary N) is 1. The van der Waals surface area contributed by atoms with E-state index in [2.05, 4.69) is 25.8 Å². The first kappa shape index (κ1) is 14.6. The first-order valence-corrected chi connectivity index (χ1v) is 8.00. The van der Waals surface area contributed by atoms with Gasteiger partial charge in [-0.2, -0.15) is 13.5 Å². The molecule has 0 saturated carbocycles. The topological polar surface area (TPSA) is 64.0 Å². The summed E-state index contributed by atoms with van der Waals surface area (Å²) in [6, 6.07) is 4.72. The number of aryl methyl sites for hydroxylation is 1. The number of sulfonamides is 1. The third-order valence-corrected chi connectivity index (χ3v) is 5.39. The molecule has 0 spiro atoms. The molecule has 0 aliphatic rings. The Kier molecular flexibility index (Phi) is 4.10. The molecule has 0 atom stereocenters. The number of halogens is 3. The minimum Gasteiger partial charge on any atom is -0.278 e. The average molecular weight is 385 g/mol. The van der Waals surface area contributed by atoms with Crippen LogP contribution in [0, 0.1) is 0 Å². The van der Waals surface area contributed by atoms with Crippen molar-refractivity contribution in [2.75, 3.05) is 4.72 Å². The number of hydrogen-bond acceptors (Lipinski definition) is 3. The lowest BCUT2D eigenvalue weighted by Gasteiger charge is -2.09. The molecule has 9 heteroatoms. The van der Waals surface area contributed by atoms with Gasteiger partial charge in [-0.3, -0.25) is 9.40 Å². The molecule has 5 nitrogen and oxygen atoms in total. The van der Waals surface area contributed by atoms with Crippen LogP contribution < -0.4 is 4.72 Å². The van der Waals surface area contributed by atoms with Crippen molar-refractivity contribution in [1.29, 1.82) is 0 Å². The van der Waals surface area contributed by atoms with Crippen LogP contribution in [0.1, 0.15) is 0 Å². The molecule has 0 fully saturated rings. The zero-order valence-electron chi connectivity index (χ0n) is 9.56. The van der Waals surface area contributed by atoms with Crippen molar-refractivity contribution >= 4 is 54.8 Å². The Labute approximate surface area is 128 Å². The van der Waals surface area contributed by atoms with Crippen molar-refractivity contribution in [3.05, 3.63) is 38.9 Å². The van der Waals surface area contributed by atoms with Gasteiger partial charge in [0.25, 0.3) is 10.0 Å². The summed E-state index contributed by atoms with van der Waals surface area (Å²) in [6.07, 6.45) is 1.27. The fraction of sp³-hybridized carbons (Fsp3) is 0.100. The summed E-state index contributed by atoms with van der Waals surface area (Å²) in [5, 5.41) is 4.14. The highest BCUT2D eigenvalue weighted by molar-refractivity contribution is 9.10. The van der Waals surface area contributed by atoms with E-state index in [4.69, 9.17) is 23.2 Å². The SMILES string of the molecule is Cn1ncc(Cl)c1S(=O)(=O)Nc1ccc(Br)c(Cl)c1. The molecule has 2 aromatic rings. The molecule has 1 heterocycles. The first-order valence-electron chi connectivity index (χ1n) is 4.96. The number of benzene rings is 1. The summed E-state index contributed by atoms with van der Waals surface area (Å²) in [5.41, 5.74) is 0.338. The van der Waals surface area contributed by atoms with E-state index in [1.165, 1.54) is 24.0 Å². The van der Waals surface area contributed by atoms with Crippen LogP contribution in [0.25, 0.3) is 0 Å². The van der Waals surface area contributed by atoms with E-state index < -0.39 is 10.0 Å². The highest BCUT2D eigenvalue weighted by atomic mass is 79.9. The lowest BCUT2D eigenvalue weighted by molar-refractivity contribution is 0.582. The molecule has 0 bridgehead atoms. The number of rotatable bonds is 3. The second-order valence-corrected chi connectivity index (χ2v) is 6.92. The van der Waals surface area contributed by atoms with Crippen molar-refractivity contribution < 1.29 is 8.42 Å². The largest absolute Gasteiger partial charge is 0.280 e. The third-order valence-electron chi connectivity index (χ3n) is 2.27. The van der Waals surface area contributed by atoms with Gasteiger partial charge in [0.15, 0.2) is 5.03 Å². The monoisotopic (exact) mass is 383 g/mol. The van der Waals surface area contributed by atoms with E-state index in [1.807, 2.05) is 0 Å². The van der Waals surface area contributed by atoms with Crippen molar-refractivity contribution in [3.63, 3.8) is 0 Å². The van der Waals surface area contributed by atoms with Gasteiger partial charge in [-0.25, -0.2) is 0 Å². The quantitative estimate of drug-likeness (QED) is 0.882. The number of anilines is 1. The molecule has 2 rings (SSSR count). The standard InChI is InChI=1S/C10H8BrCl2N3O2S/c1-16-10(9(13)5-14-16)19(17,18)15-6-2-3-7(11)8(12)4-6/h2-5,15H,1H3. The van der Waals surface area contributed by atoms with Gasteiger partial charge in [0, 0.05) is 11.5 Å². The summed E-state index contributed by atoms with van der Waals surface area (Å²) in [5.74, 6) is 0. The summed E-state index contributed by atoms with van der Waals surface area (Å²) < 4.78 is 28.6. The average Bonchev–Trinajstić information content (AvgIpc) is 2.64. The van der Waals surface area contributed by atoms with Crippen molar-refractivity contribution in [2.24, 2.45) is 7.05 Å². The molecule has 0 unspecified atom stereocenters. The molecule has 0 saturated heterocycles. The summed E-state index contributed by atoms with van der Waals surface area (Å²) in [4.78, 5) is 0. The van der Waals surface area contributed by atoms with E-state index in [9.17, 15) is 8.42 Å². The van der Waals surface area contributed by atoms with Gasteiger partial charge < -0.3 is 0 Å². The Morgan fingerprint density at radius 1 is 1.32 bits per heavy atom. The van der Waals surface area contributed by atoms with Crippen LogP contribution in [0.15, 0.2) is 33.9 Å². The summed E-state index contributed by atoms with van der Waals surface area (Å²) in [6.45, 7) is 0. The number of nitrogens with zero attached hydrogens (tertiary/aromatic N) is 2. The molecule has 1 aromatic carbocycles. The second kappa shape index (κ2) is 5.32. The second-order valence-electron chi connectivity index (χ2n) is 3.66. The Bertz CT molecular complexity index is 711. The van der Waals surface area contributed by atoms with Gasteiger partial charge in [-0.1, -0.05) is 23.2 Å². The Morgan fingerprint density at radius 3 is 2.53 bits per heavy atom. The molecular weight excluding hydrogens is 377 g/mol. The van der Waals surface area contributed by atoms with Crippen LogP contribution >= 0.6 is 39.1 Å². The van der Waals surface area contributed by atoms with E-state index in [0.29, 0.717) is 15.2 Å². The molecule has 102 valence electrons. The maximum Gasteiger partial charge on any atom is 0.280 e. The van der Waals surface area contributed by atoms with E-state index in [0.717, 1.165) is 0 Å². The predicted octanol–water partition coefficient (Wildman–Crippen LogP) is 3.29. The summed E-state index contributed by atoms with van der Waals surface area (Å²) >= 11 is 14.9. The molecule has 19 heavy (non-hydrogen) atoms. The van der Waals surface area contributed by atoms with E-state index in [-0.39, 0.29) is 10.0 Å². The Morgan fingerprint density at radius 2 is 2.00 bits per heavy atom. The minimum atomic E-state index is -3.82. The van der Waals surface area contributed by atoms with Crippen molar-refractivity contribution in [2.45, 2.75) is 5.03 Å². The molecular formula is C10H8BrCl2N3O2S. The van der Waals surface area contributed by atoms with Crippen LogP contribution in [-0.4, -0.2) is 18.2 Å². The molecule has 0 radical (unpaired) electrons. The Balaban J connectivity index is 2.39. The van der Waals surface area contributed by atoms with Gasteiger partial charge in [-0.15, -0.1) is 0 Å². The molecule has 1 N–H and O–H groups in total. The lowest BCUT2D eigenvalue weighted by Crippen LogP contribution is -2.17. The van der Waals surface area contributed by atoms with Crippen LogP contribution in [-0.2, 0) is 17.1 Å². The smallest absolute Gasteiger partial charge is 0.278 e. The van der Waals surface area contributed by atoms with Gasteiger partial charge in [0.2, 0.25) is 0 Å². The normalized spacial score (nSPS) is 11.6. The highest BCUT2D eigenvalue weighted by Crippen LogP contribution is 2.28. The fourth-order valence-electron chi connectivity index (χ4n) is 1.46. The van der Waals surface area contributed by atoms with Gasteiger partial charge in [0.05, 0.1) is 21.9 Å². The van der Waals surface area contributed by atoms with Crippen LogP contribution in [0.3, 0.4) is 0 Å². The fourth-order valence-corrected chi connectivity index (χ4v) is 3.60. The van der Waals surface area contributed by atoms with Gasteiger partial charge in [-0.05, 0) is 34.1 Å². The molecule has 0 amide bonds. The zero-order valence-corrected chi connectivity index (χ0v) is 13.5. The molecule has 0 aliphatic carbocycles. The maximum atomic E-state index is 12.2. The van der Waals surface area contributed by atoms with E-state index >= 15 is 0 Å². The minimum absolute atomic E-state index is 0.0539. The predicted molar refractivity (Wildman–Crippen MR) is 78.2 cm³/mol. The molecule has 0 aliphatic heterocycles. The van der Waals surface area contributed by atoms with Crippen LogP contribution in [0.4, 0.5) is 5.69 Å². The van der Waals surface area contributed by atoms with Gasteiger partial charge in [0.1, 0.15) is 0 Å². The molecule has 1 aromatic heterocycles. The van der Waals surface area contributed by atoms with Gasteiger partial charge >= 0.3 is 0 Å². The van der Waals surface area contributed by atoms with Crippen molar-refractivity contribution in [1.82, 2.24) is 9.78 Å². The third kappa shape index (κ3) is 3.05. The van der Waals surface area contributed by atoms with Crippen LogP contribution in [0.2, 0.25) is 10.0 Å². The van der Waals surface area contributed by atoms with Crippen molar-refractivity contribution in [3.8, 4) is 0 Å². The van der Waals surface area contributed by atoms with Crippen LogP contribution in [0.5, 0.6) is 0 Å². The summed E-state index contributed by atoms with van der Waals surface area (Å²) in [7, 11) is -2.32. The Hall–Kier alpha value is -0.760. The maximum absolute atomic E-state index is 12.2. The number of aromatic nitrogens is 2. The lowest BCUT2D eigenvalue weighted by atomic mass is 10.3.